The zero-order chi connectivity index (χ0) is 21.2. The van der Waals surface area contributed by atoms with E-state index in [2.05, 4.69) is 6.92 Å². The number of primary amides is 1. The predicted molar refractivity (Wildman–Crippen MR) is 107 cm³/mol. The molecular weight excluding hydrogens is 376 g/mol. The summed E-state index contributed by atoms with van der Waals surface area (Å²) in [5.41, 5.74) is 5.68. The van der Waals surface area contributed by atoms with Crippen LogP contribution in [0, 0.1) is 0 Å². The Morgan fingerprint density at radius 1 is 1.17 bits per heavy atom. The first kappa shape index (κ1) is 23.4. The molecule has 164 valence electrons. The Bertz CT molecular complexity index is 606. The molecule has 8 heteroatoms. The van der Waals surface area contributed by atoms with E-state index in [1.165, 1.54) is 36.8 Å². The number of hydrogen-bond acceptors (Lipinski definition) is 7. The summed E-state index contributed by atoms with van der Waals surface area (Å²) in [6.07, 6.45) is 9.27. The number of aliphatic hydroxyl groups is 2. The van der Waals surface area contributed by atoms with Gasteiger partial charge in [0, 0.05) is 24.4 Å². The number of esters is 1. The first-order valence-corrected chi connectivity index (χ1v) is 10.6. The molecule has 0 aromatic carbocycles. The topological polar surface area (TPSA) is 122 Å². The molecule has 1 unspecified atom stereocenters. The van der Waals surface area contributed by atoms with E-state index in [-0.39, 0.29) is 12.6 Å². The van der Waals surface area contributed by atoms with Crippen LogP contribution in [0.15, 0.2) is 24.0 Å². The van der Waals surface area contributed by atoms with Gasteiger partial charge >= 0.3 is 5.97 Å². The minimum atomic E-state index is -1.21. The fourth-order valence-electron chi connectivity index (χ4n) is 3.49. The third-order valence-corrected chi connectivity index (χ3v) is 5.26. The van der Waals surface area contributed by atoms with Crippen LogP contribution in [0.4, 0.5) is 0 Å². The highest BCUT2D eigenvalue weighted by atomic mass is 16.6. The van der Waals surface area contributed by atoms with E-state index in [1.54, 1.807) is 12.3 Å². The van der Waals surface area contributed by atoms with Crippen LogP contribution in [0.1, 0.15) is 64.7 Å². The molecule has 2 rings (SSSR count). The second-order valence-corrected chi connectivity index (χ2v) is 7.66. The van der Waals surface area contributed by atoms with E-state index < -0.39 is 30.4 Å². The molecule has 29 heavy (non-hydrogen) atoms. The number of carbonyl (C=O) groups is 2. The maximum absolute atomic E-state index is 11.9. The number of carbonyl (C=O) groups excluding carboxylic acids is 2. The summed E-state index contributed by atoms with van der Waals surface area (Å²) < 4.78 is 10.9. The molecule has 0 aliphatic carbocycles. The van der Waals surface area contributed by atoms with Gasteiger partial charge in [-0.25, -0.2) is 0 Å². The summed E-state index contributed by atoms with van der Waals surface area (Å²) in [7, 11) is 0. The highest BCUT2D eigenvalue weighted by molar-refractivity contribution is 5.92. The van der Waals surface area contributed by atoms with Gasteiger partial charge in [0.25, 0.3) is 0 Å². The Balaban J connectivity index is 1.72. The van der Waals surface area contributed by atoms with E-state index >= 15 is 0 Å². The first-order valence-electron chi connectivity index (χ1n) is 10.6. The summed E-state index contributed by atoms with van der Waals surface area (Å²) >= 11 is 0. The van der Waals surface area contributed by atoms with Crippen LogP contribution in [0.25, 0.3) is 0 Å². The van der Waals surface area contributed by atoms with Crippen molar-refractivity contribution in [3.8, 4) is 0 Å². The normalized spacial score (nSPS) is 26.4. The lowest BCUT2D eigenvalue weighted by Gasteiger charge is -2.28. The zero-order valence-corrected chi connectivity index (χ0v) is 17.2. The van der Waals surface area contributed by atoms with Crippen molar-refractivity contribution in [2.75, 3.05) is 6.61 Å². The number of allylic oxidation sites excluding steroid dienone is 1. The summed E-state index contributed by atoms with van der Waals surface area (Å²) in [6.45, 7) is 2.05. The fraction of sp³-hybridized carbons (Fsp3) is 0.714. The average molecular weight is 411 g/mol. The first-order chi connectivity index (χ1) is 13.9. The van der Waals surface area contributed by atoms with Crippen molar-refractivity contribution in [3.05, 3.63) is 24.0 Å². The van der Waals surface area contributed by atoms with Gasteiger partial charge in [-0.3, -0.25) is 9.59 Å². The van der Waals surface area contributed by atoms with E-state index in [1.807, 2.05) is 0 Å². The molecule has 1 saturated heterocycles. The molecule has 0 radical (unpaired) electrons. The minimum absolute atomic E-state index is 0.131. The Morgan fingerprint density at radius 2 is 1.86 bits per heavy atom. The van der Waals surface area contributed by atoms with E-state index in [9.17, 15) is 19.8 Å². The van der Waals surface area contributed by atoms with Crippen molar-refractivity contribution in [2.24, 2.45) is 5.73 Å². The van der Waals surface area contributed by atoms with Gasteiger partial charge in [-0.15, -0.1) is 0 Å². The fourth-order valence-corrected chi connectivity index (χ4v) is 3.49. The molecule has 4 N–H and O–H groups in total. The molecule has 0 aromatic heterocycles. The van der Waals surface area contributed by atoms with Crippen molar-refractivity contribution in [1.29, 1.82) is 0 Å². The Morgan fingerprint density at radius 3 is 2.55 bits per heavy atom. The van der Waals surface area contributed by atoms with Gasteiger partial charge < -0.3 is 30.3 Å². The summed E-state index contributed by atoms with van der Waals surface area (Å²) in [4.78, 5) is 24.8. The number of amides is 1. The van der Waals surface area contributed by atoms with Crippen LogP contribution >= 0.6 is 0 Å². The molecule has 0 aromatic rings. The van der Waals surface area contributed by atoms with Crippen LogP contribution in [0.2, 0.25) is 0 Å². The number of hydrogen-bond donors (Lipinski definition) is 3. The molecule has 2 aliphatic rings. The third-order valence-electron chi connectivity index (χ3n) is 5.26. The second kappa shape index (κ2) is 11.9. The van der Waals surface area contributed by atoms with Crippen LogP contribution < -0.4 is 5.73 Å². The molecule has 2 heterocycles. The molecule has 0 spiro atoms. The molecule has 4 atom stereocenters. The van der Waals surface area contributed by atoms with Crippen LogP contribution in [-0.4, -0.2) is 58.1 Å². The van der Waals surface area contributed by atoms with Crippen molar-refractivity contribution < 1.29 is 29.3 Å². The highest BCUT2D eigenvalue weighted by Crippen LogP contribution is 2.27. The van der Waals surface area contributed by atoms with Crippen molar-refractivity contribution in [3.63, 3.8) is 0 Å². The second-order valence-electron chi connectivity index (χ2n) is 7.66. The van der Waals surface area contributed by atoms with E-state index in [0.717, 1.165) is 19.3 Å². The smallest absolute Gasteiger partial charge is 0.305 e. The largest absolute Gasteiger partial charge is 0.463 e. The maximum Gasteiger partial charge on any atom is 0.305 e. The lowest BCUT2D eigenvalue weighted by molar-refractivity contribution is -0.150. The van der Waals surface area contributed by atoms with Gasteiger partial charge in [-0.1, -0.05) is 51.5 Å². The van der Waals surface area contributed by atoms with E-state index in [4.69, 9.17) is 15.2 Å². The number of aliphatic hydroxyl groups excluding tert-OH is 2. The van der Waals surface area contributed by atoms with Crippen molar-refractivity contribution >= 4 is 11.9 Å². The monoisotopic (exact) mass is 410 g/mol. The molecule has 8 nitrogen and oxygen atoms in total. The van der Waals surface area contributed by atoms with Gasteiger partial charge in [0.1, 0.15) is 24.9 Å². The van der Waals surface area contributed by atoms with E-state index in [0.29, 0.717) is 18.4 Å². The Kier molecular flexibility index (Phi) is 9.63. The highest BCUT2D eigenvalue weighted by Gasteiger charge is 2.45. The Hall–Kier alpha value is -1.90. The summed E-state index contributed by atoms with van der Waals surface area (Å²) in [5.74, 6) is -0.885. The summed E-state index contributed by atoms with van der Waals surface area (Å²) in [6, 6.07) is 0. The van der Waals surface area contributed by atoms with Gasteiger partial charge in [0.05, 0.1) is 0 Å². The number of nitrogens with zero attached hydrogens (tertiary/aromatic N) is 1. The molecule has 2 aliphatic heterocycles. The SMILES string of the molecule is CCCCCCCCCC(=O)OCC1O[C@@H](N2C=CCC(C(N)=O)=C2)[C@H](O)[C@@H]1O. The van der Waals surface area contributed by atoms with Gasteiger partial charge in [0.15, 0.2) is 6.23 Å². The van der Waals surface area contributed by atoms with Crippen LogP contribution in [-0.2, 0) is 19.1 Å². The van der Waals surface area contributed by atoms with Crippen molar-refractivity contribution in [1.82, 2.24) is 4.90 Å². The van der Waals surface area contributed by atoms with Crippen LogP contribution in [0.5, 0.6) is 0 Å². The van der Waals surface area contributed by atoms with Crippen LogP contribution in [0.3, 0.4) is 0 Å². The lowest BCUT2D eigenvalue weighted by atomic mass is 10.1. The molecule has 0 bridgehead atoms. The maximum atomic E-state index is 11.9. The number of rotatable bonds is 12. The molecule has 1 amide bonds. The number of nitrogens with two attached hydrogens (primary N) is 1. The average Bonchev–Trinajstić information content (AvgIpc) is 3.00. The minimum Gasteiger partial charge on any atom is -0.463 e. The number of unbranched alkanes of at least 4 members (excludes halogenated alkanes) is 6. The molecule has 1 fully saturated rings. The lowest BCUT2D eigenvalue weighted by Crippen LogP contribution is -2.40. The predicted octanol–water partition coefficient (Wildman–Crippen LogP) is 1.71. The third kappa shape index (κ3) is 7.13. The zero-order valence-electron chi connectivity index (χ0n) is 17.2. The molecular formula is C21H34N2O6. The quantitative estimate of drug-likeness (QED) is 0.331. The van der Waals surface area contributed by atoms with Gasteiger partial charge in [-0.2, -0.15) is 0 Å². The standard InChI is InChI=1S/C21H34N2O6/c1-2-3-4-5-6-7-8-11-17(24)28-14-16-18(25)19(26)21(29-16)23-12-9-10-15(13-23)20(22)27/h9,12-13,16,18-19,21,25-26H,2-8,10-11,14H2,1H3,(H2,22,27)/t16?,18-,19-,21-/m1/s1. The number of ether oxygens (including phenoxy) is 2. The Labute approximate surface area is 172 Å². The van der Waals surface area contributed by atoms with Gasteiger partial charge in [-0.05, 0) is 12.8 Å². The van der Waals surface area contributed by atoms with Crippen molar-refractivity contribution in [2.45, 2.75) is 89.3 Å². The summed E-state index contributed by atoms with van der Waals surface area (Å²) in [5, 5.41) is 20.5. The molecule has 0 saturated carbocycles. The van der Waals surface area contributed by atoms with Gasteiger partial charge in [0.2, 0.25) is 5.91 Å².